The van der Waals surface area contributed by atoms with E-state index in [0.717, 1.165) is 16.7 Å². The number of nitrogens with one attached hydrogen (secondary N) is 1. The second-order valence-corrected chi connectivity index (χ2v) is 23.7. The van der Waals surface area contributed by atoms with E-state index in [1.807, 2.05) is 78.9 Å². The van der Waals surface area contributed by atoms with Crippen LogP contribution >= 0.6 is 8.53 Å². The first kappa shape index (κ1) is 49.5. The van der Waals surface area contributed by atoms with Crippen LogP contribution in [0.25, 0.3) is 0 Å². The maximum atomic E-state index is 14.0. The van der Waals surface area contributed by atoms with E-state index in [-0.39, 0.29) is 48.5 Å². The lowest BCUT2D eigenvalue weighted by molar-refractivity contribution is -0.114. The van der Waals surface area contributed by atoms with Crippen LogP contribution in [-0.2, 0) is 33.3 Å². The fourth-order valence-corrected chi connectivity index (χ4v) is 10.4. The van der Waals surface area contributed by atoms with Crippen molar-refractivity contribution >= 4 is 28.6 Å². The van der Waals surface area contributed by atoms with Crippen molar-refractivity contribution < 1.29 is 37.2 Å². The average Bonchev–Trinajstić information content (AvgIpc) is 3.55. The minimum atomic E-state index is -2.66. The number of hydrogen-bond donors (Lipinski definition) is 1. The number of benzene rings is 3. The second kappa shape index (κ2) is 21.5. The monoisotopic (exact) mass is 902 g/mol. The summed E-state index contributed by atoms with van der Waals surface area (Å²) in [6, 6.07) is 29.2. The molecular formula is C47H64N5O9PSi. The minimum absolute atomic E-state index is 0.00483. The maximum Gasteiger partial charge on any atom is 0.351 e. The van der Waals surface area contributed by atoms with E-state index >= 15 is 0 Å². The Labute approximate surface area is 374 Å². The summed E-state index contributed by atoms with van der Waals surface area (Å²) in [5, 5.41) is 11.9. The number of methoxy groups -OCH3 is 2. The average molecular weight is 903 g/mol. The van der Waals surface area contributed by atoms with Crippen molar-refractivity contribution in [1.29, 1.82) is 5.26 Å². The largest absolute Gasteiger partial charge is 0.497 e. The van der Waals surface area contributed by atoms with Crippen LogP contribution < -0.4 is 20.5 Å². The lowest BCUT2D eigenvalue weighted by Crippen LogP contribution is -2.50. The number of hydrogen-bond acceptors (Lipinski definition) is 12. The molecule has 0 spiro atoms. The Bertz CT molecular complexity index is 2140. The molecule has 2 unspecified atom stereocenters. The van der Waals surface area contributed by atoms with E-state index in [4.69, 9.17) is 32.4 Å². The summed E-state index contributed by atoms with van der Waals surface area (Å²) in [5.74, 6) is 1.12. The first-order chi connectivity index (χ1) is 29.9. The van der Waals surface area contributed by atoms with E-state index in [1.54, 1.807) is 26.5 Å². The molecule has 0 bridgehead atoms. The normalized spacial score (nSPS) is 18.7. The Morgan fingerprint density at radius 1 is 0.905 bits per heavy atom. The highest BCUT2D eigenvalue weighted by Crippen LogP contribution is 2.52. The Hall–Kier alpha value is -4.49. The van der Waals surface area contributed by atoms with Crippen LogP contribution in [0.1, 0.15) is 84.7 Å². The highest BCUT2D eigenvalue weighted by atomic mass is 31.2. The van der Waals surface area contributed by atoms with Crippen molar-refractivity contribution in [2.45, 2.75) is 122 Å². The van der Waals surface area contributed by atoms with E-state index in [0.29, 0.717) is 11.5 Å². The summed E-state index contributed by atoms with van der Waals surface area (Å²) in [6.07, 6.45) is -1.94. The second-order valence-electron chi connectivity index (χ2n) is 17.5. The number of ether oxygens (including phenoxy) is 4. The number of carbonyl (C=O) groups excluding carboxylic acids is 1. The zero-order valence-electron chi connectivity index (χ0n) is 38.7. The molecule has 340 valence electrons. The SMILES string of the molecule is COc1ccc(C(OC[C@H]2O[C@@H](n3ccc(NC(C)=O)[15n]c3=O)[C@@H](O[Si](C)(C)C(C)(C)C)C2OP(OCCC#N)N(C(C)C)C(C)C)(c2ccccc2)c2ccc(OC)cc2)cc1. The summed E-state index contributed by atoms with van der Waals surface area (Å²) < 4.78 is 50.3. The molecule has 16 heteroatoms. The van der Waals surface area contributed by atoms with Crippen molar-refractivity contribution in [1.82, 2.24) is 14.2 Å². The molecule has 4 aromatic rings. The fourth-order valence-electron chi connectivity index (χ4n) is 7.37. The number of anilines is 1. The van der Waals surface area contributed by atoms with Gasteiger partial charge in [-0.15, -0.1) is 0 Å². The predicted molar refractivity (Wildman–Crippen MR) is 247 cm³/mol. The van der Waals surface area contributed by atoms with Gasteiger partial charge in [0.05, 0.1) is 39.9 Å². The summed E-state index contributed by atoms with van der Waals surface area (Å²) >= 11 is 0. The smallest absolute Gasteiger partial charge is 0.351 e. The molecule has 1 saturated heterocycles. The lowest BCUT2D eigenvalue weighted by atomic mass is 9.80. The summed E-state index contributed by atoms with van der Waals surface area (Å²) in [7, 11) is -1.24. The number of carbonyl (C=O) groups is 1. The van der Waals surface area contributed by atoms with Gasteiger partial charge < -0.3 is 37.7 Å². The maximum absolute atomic E-state index is 14.0. The van der Waals surface area contributed by atoms with Crippen LogP contribution in [0.15, 0.2) is 95.9 Å². The third-order valence-electron chi connectivity index (χ3n) is 11.4. The molecule has 2 heterocycles. The van der Waals surface area contributed by atoms with E-state index in [9.17, 15) is 14.9 Å². The molecule has 5 atom stereocenters. The van der Waals surface area contributed by atoms with Gasteiger partial charge in [-0.05, 0) is 92.8 Å². The molecule has 1 aromatic heterocycles. The Kier molecular flexibility index (Phi) is 16.9. The molecule has 1 N–H and O–H groups in total. The quantitative estimate of drug-likeness (QED) is 0.0389. The van der Waals surface area contributed by atoms with Gasteiger partial charge in [0.1, 0.15) is 41.2 Å². The lowest BCUT2D eigenvalue weighted by Gasteiger charge is -2.42. The van der Waals surface area contributed by atoms with E-state index in [1.165, 1.54) is 11.5 Å². The van der Waals surface area contributed by atoms with Gasteiger partial charge in [0.15, 0.2) is 14.5 Å². The van der Waals surface area contributed by atoms with E-state index < -0.39 is 52.7 Å². The van der Waals surface area contributed by atoms with Crippen LogP contribution in [-0.4, -0.2) is 86.3 Å². The molecule has 1 aliphatic heterocycles. The molecule has 1 fully saturated rings. The molecule has 0 saturated carbocycles. The number of nitriles is 1. The van der Waals surface area contributed by atoms with Gasteiger partial charge in [-0.2, -0.15) is 10.2 Å². The minimum Gasteiger partial charge on any atom is -0.497 e. The van der Waals surface area contributed by atoms with Crippen molar-refractivity contribution in [3.63, 3.8) is 0 Å². The number of rotatable bonds is 20. The summed E-state index contributed by atoms with van der Waals surface area (Å²) in [4.78, 5) is 30.2. The van der Waals surface area contributed by atoms with Crippen LogP contribution in [0, 0.1) is 11.3 Å². The Morgan fingerprint density at radius 2 is 1.46 bits per heavy atom. The molecule has 5 rings (SSSR count). The van der Waals surface area contributed by atoms with Crippen LogP contribution in [0.2, 0.25) is 18.1 Å². The first-order valence-electron chi connectivity index (χ1n) is 21.3. The molecule has 0 radical (unpaired) electrons. The predicted octanol–water partition coefficient (Wildman–Crippen LogP) is 9.18. The molecule has 3 aromatic carbocycles. The van der Waals surface area contributed by atoms with Crippen LogP contribution in [0.4, 0.5) is 5.82 Å². The van der Waals surface area contributed by atoms with Gasteiger partial charge in [0.25, 0.3) is 8.53 Å². The third kappa shape index (κ3) is 11.6. The Morgan fingerprint density at radius 3 is 1.94 bits per heavy atom. The Balaban J connectivity index is 1.74. The van der Waals surface area contributed by atoms with Crippen LogP contribution in [0.3, 0.4) is 0 Å². The van der Waals surface area contributed by atoms with Gasteiger partial charge in [-0.25, -0.2) is 9.46 Å². The fraction of sp³-hybridized carbons (Fsp3) is 0.489. The molecule has 63 heavy (non-hydrogen) atoms. The highest BCUT2D eigenvalue weighted by molar-refractivity contribution is 7.44. The van der Waals surface area contributed by atoms with Crippen molar-refractivity contribution in [2.75, 3.05) is 32.8 Å². The number of amides is 1. The number of aromatic nitrogens is 2. The van der Waals surface area contributed by atoms with Gasteiger partial charge >= 0.3 is 5.69 Å². The third-order valence-corrected chi connectivity index (χ3v) is 18.0. The van der Waals surface area contributed by atoms with Crippen LogP contribution in [0.5, 0.6) is 11.5 Å². The van der Waals surface area contributed by atoms with Gasteiger partial charge in [0.2, 0.25) is 5.91 Å². The first-order valence-corrected chi connectivity index (χ1v) is 25.3. The zero-order valence-corrected chi connectivity index (χ0v) is 40.6. The molecule has 1 amide bonds. The topological polar surface area (TPSA) is 156 Å². The summed E-state index contributed by atoms with van der Waals surface area (Å²) in [6.45, 7) is 20.4. The van der Waals surface area contributed by atoms with Gasteiger partial charge in [-0.1, -0.05) is 75.4 Å². The zero-order chi connectivity index (χ0) is 46.1. The standard InChI is InChI=1S/C47H64N5O9PSi/c1-32(2)52(33(3)4)62(58-30-16-28-48)60-42-40(59-44(43(42)61-63(11,12)46(6,7)8)51-29-27-41(49-34(5)53)50-45(51)54)31-57-47(35-17-14-13-15-18-35,36-19-23-38(55-9)24-20-36)37-21-25-39(56-10)26-22-37/h13-15,17-27,29,32-33,40,42-44H,16,30-31H2,1-12H3,(H,49,50,53,54)/t40-,42?,43+,44-,62?/m1/s1/i50+1. The van der Waals surface area contributed by atoms with Crippen molar-refractivity contribution in [3.8, 4) is 17.6 Å². The van der Waals surface area contributed by atoms with Gasteiger partial charge in [-0.3, -0.25) is 9.36 Å². The molecule has 1 aliphatic rings. The molecular weight excluding hydrogens is 839 g/mol. The van der Waals surface area contributed by atoms with Crippen molar-refractivity contribution in [3.05, 3.63) is 118 Å². The van der Waals surface area contributed by atoms with Crippen molar-refractivity contribution in [2.24, 2.45) is 0 Å². The summed E-state index contributed by atoms with van der Waals surface area (Å²) in [5.41, 5.74) is 0.633. The number of nitrogens with zero attached hydrogens (tertiary/aromatic N) is 4. The molecule has 0 aliphatic carbocycles. The molecule has 14 nitrogen and oxygen atoms in total. The highest BCUT2D eigenvalue weighted by Gasteiger charge is 2.54. The van der Waals surface area contributed by atoms with Gasteiger partial charge in [0, 0.05) is 25.2 Å². The van der Waals surface area contributed by atoms with E-state index in [2.05, 4.69) is 82.6 Å².